The zero-order valence-corrected chi connectivity index (χ0v) is 18.3. The van der Waals surface area contributed by atoms with Gasteiger partial charge in [0, 0.05) is 37.8 Å². The Bertz CT molecular complexity index is 782. The molecule has 0 aliphatic carbocycles. The molecule has 0 radical (unpaired) electrons. The van der Waals surface area contributed by atoms with Gasteiger partial charge in [-0.05, 0) is 69.5 Å². The average molecular weight is 408 g/mol. The number of hydrogen-bond acceptors (Lipinski definition) is 4. The Morgan fingerprint density at radius 3 is 2.21 bits per heavy atom. The minimum Gasteiger partial charge on any atom is -0.337 e. The molecule has 2 saturated heterocycles. The fourth-order valence-corrected chi connectivity index (χ4v) is 6.14. The van der Waals surface area contributed by atoms with Crippen molar-refractivity contribution in [3.05, 3.63) is 29.8 Å². The predicted molar refractivity (Wildman–Crippen MR) is 111 cm³/mol. The van der Waals surface area contributed by atoms with Gasteiger partial charge in [-0.25, -0.2) is 8.42 Å². The van der Waals surface area contributed by atoms with Crippen molar-refractivity contribution in [3.8, 4) is 0 Å². The SMILES string of the molecule is CC1CC(C)CN(S(=O)(=O)c2ccc(C(=O)N3CCCC(N(C)C)C3)cc2)C1. The Morgan fingerprint density at radius 1 is 1.04 bits per heavy atom. The zero-order valence-electron chi connectivity index (χ0n) is 17.5. The Morgan fingerprint density at radius 2 is 1.64 bits per heavy atom. The first-order valence-corrected chi connectivity index (χ1v) is 11.7. The molecular formula is C21H33N3O3S. The Hall–Kier alpha value is -1.44. The van der Waals surface area contributed by atoms with Crippen molar-refractivity contribution in [2.24, 2.45) is 11.8 Å². The van der Waals surface area contributed by atoms with Gasteiger partial charge in [0.25, 0.3) is 5.91 Å². The van der Waals surface area contributed by atoms with Gasteiger partial charge in [0.2, 0.25) is 10.0 Å². The number of hydrogen-bond donors (Lipinski definition) is 0. The molecule has 1 aromatic carbocycles. The maximum Gasteiger partial charge on any atom is 0.253 e. The van der Waals surface area contributed by atoms with E-state index in [1.165, 1.54) is 0 Å². The van der Waals surface area contributed by atoms with Crippen LogP contribution in [0.25, 0.3) is 0 Å². The van der Waals surface area contributed by atoms with Crippen molar-refractivity contribution < 1.29 is 13.2 Å². The molecule has 6 nitrogen and oxygen atoms in total. The Labute approximate surface area is 169 Å². The van der Waals surface area contributed by atoms with Crippen LogP contribution in [0.1, 0.15) is 43.5 Å². The molecule has 1 amide bonds. The third-order valence-electron chi connectivity index (χ3n) is 5.99. The van der Waals surface area contributed by atoms with Gasteiger partial charge in [0.1, 0.15) is 0 Å². The van der Waals surface area contributed by atoms with Gasteiger partial charge < -0.3 is 9.80 Å². The second kappa shape index (κ2) is 8.51. The van der Waals surface area contributed by atoms with Crippen molar-refractivity contribution in [1.82, 2.24) is 14.1 Å². The van der Waals surface area contributed by atoms with Crippen LogP contribution >= 0.6 is 0 Å². The number of likely N-dealkylation sites (tertiary alicyclic amines) is 1. The second-order valence-electron chi connectivity index (χ2n) is 8.80. The number of carbonyl (C=O) groups excluding carboxylic acids is 1. The fourth-order valence-electron chi connectivity index (χ4n) is 4.46. The third kappa shape index (κ3) is 4.58. The summed E-state index contributed by atoms with van der Waals surface area (Å²) in [6, 6.07) is 6.86. The zero-order chi connectivity index (χ0) is 20.5. The minimum atomic E-state index is -3.51. The summed E-state index contributed by atoms with van der Waals surface area (Å²) in [4.78, 5) is 17.2. The first-order chi connectivity index (χ1) is 13.2. The number of likely N-dealkylation sites (N-methyl/N-ethyl adjacent to an activating group) is 1. The lowest BCUT2D eigenvalue weighted by molar-refractivity contribution is 0.0635. The molecule has 156 valence electrons. The molecule has 2 aliphatic heterocycles. The van der Waals surface area contributed by atoms with Gasteiger partial charge in [0.15, 0.2) is 0 Å². The molecule has 7 heteroatoms. The van der Waals surface area contributed by atoms with E-state index in [0.717, 1.165) is 32.4 Å². The van der Waals surface area contributed by atoms with Crippen molar-refractivity contribution in [1.29, 1.82) is 0 Å². The molecule has 28 heavy (non-hydrogen) atoms. The van der Waals surface area contributed by atoms with Crippen LogP contribution in [0.5, 0.6) is 0 Å². The maximum absolute atomic E-state index is 13.0. The summed E-state index contributed by atoms with van der Waals surface area (Å²) < 4.78 is 27.6. The largest absolute Gasteiger partial charge is 0.337 e. The van der Waals surface area contributed by atoms with Gasteiger partial charge >= 0.3 is 0 Å². The molecule has 1 aromatic rings. The van der Waals surface area contributed by atoms with Gasteiger partial charge in [-0.2, -0.15) is 4.31 Å². The summed E-state index contributed by atoms with van der Waals surface area (Å²) in [6.07, 6.45) is 3.15. The van der Waals surface area contributed by atoms with E-state index < -0.39 is 10.0 Å². The van der Waals surface area contributed by atoms with Crippen molar-refractivity contribution in [2.45, 2.75) is 44.0 Å². The van der Waals surface area contributed by atoms with Crippen LogP contribution in [0, 0.1) is 11.8 Å². The van der Waals surface area contributed by atoms with Crippen molar-refractivity contribution in [3.63, 3.8) is 0 Å². The van der Waals surface area contributed by atoms with Crippen LogP contribution < -0.4 is 0 Å². The number of sulfonamides is 1. The van der Waals surface area contributed by atoms with E-state index in [-0.39, 0.29) is 10.8 Å². The minimum absolute atomic E-state index is 0.0179. The number of piperidine rings is 2. The summed E-state index contributed by atoms with van der Waals surface area (Å²) in [5.74, 6) is 0.710. The number of amides is 1. The molecule has 3 atom stereocenters. The standard InChI is InChI=1S/C21H33N3O3S/c1-16-12-17(2)14-24(13-16)28(26,27)20-9-7-18(8-10-20)21(25)23-11-5-6-19(15-23)22(3)4/h7-10,16-17,19H,5-6,11-15H2,1-4H3. The highest BCUT2D eigenvalue weighted by Gasteiger charge is 2.32. The van der Waals surface area contributed by atoms with Gasteiger partial charge in [-0.1, -0.05) is 13.8 Å². The van der Waals surface area contributed by atoms with Gasteiger partial charge in [-0.15, -0.1) is 0 Å². The first-order valence-electron chi connectivity index (χ1n) is 10.2. The number of rotatable bonds is 4. The smallest absolute Gasteiger partial charge is 0.253 e. The van der Waals surface area contributed by atoms with E-state index in [1.807, 2.05) is 19.0 Å². The molecular weight excluding hydrogens is 374 g/mol. The van der Waals surface area contributed by atoms with Gasteiger partial charge in [0.05, 0.1) is 4.90 Å². The topological polar surface area (TPSA) is 60.9 Å². The highest BCUT2D eigenvalue weighted by Crippen LogP contribution is 2.27. The molecule has 2 fully saturated rings. The van der Waals surface area contributed by atoms with E-state index in [1.54, 1.807) is 28.6 Å². The van der Waals surface area contributed by atoms with E-state index >= 15 is 0 Å². The predicted octanol–water partition coefficient (Wildman–Crippen LogP) is 2.52. The van der Waals surface area contributed by atoms with Crippen LogP contribution in [-0.4, -0.2) is 74.7 Å². The quantitative estimate of drug-likeness (QED) is 0.770. The van der Waals surface area contributed by atoms with Crippen LogP contribution in [0.15, 0.2) is 29.2 Å². The lowest BCUT2D eigenvalue weighted by Gasteiger charge is -2.36. The Kier molecular flexibility index (Phi) is 6.47. The monoisotopic (exact) mass is 407 g/mol. The first kappa shape index (κ1) is 21.3. The van der Waals surface area contributed by atoms with Crippen LogP contribution in [-0.2, 0) is 10.0 Å². The third-order valence-corrected chi connectivity index (χ3v) is 7.83. The van der Waals surface area contributed by atoms with Gasteiger partial charge in [-0.3, -0.25) is 4.79 Å². The van der Waals surface area contributed by atoms with E-state index in [0.29, 0.717) is 36.5 Å². The summed E-state index contributed by atoms with van der Waals surface area (Å²) in [5, 5.41) is 0. The lowest BCUT2D eigenvalue weighted by Crippen LogP contribution is -2.47. The number of benzene rings is 1. The second-order valence-corrected chi connectivity index (χ2v) is 10.7. The summed E-state index contributed by atoms with van der Waals surface area (Å²) in [6.45, 7) is 6.79. The van der Waals surface area contributed by atoms with Crippen molar-refractivity contribution in [2.75, 3.05) is 40.3 Å². The molecule has 2 heterocycles. The molecule has 2 aliphatic rings. The highest BCUT2D eigenvalue weighted by molar-refractivity contribution is 7.89. The summed E-state index contributed by atoms with van der Waals surface area (Å²) in [5.41, 5.74) is 0.554. The van der Waals surface area contributed by atoms with E-state index in [2.05, 4.69) is 18.7 Å². The molecule has 3 unspecified atom stereocenters. The summed E-state index contributed by atoms with van der Waals surface area (Å²) in [7, 11) is 0.571. The van der Waals surface area contributed by atoms with Crippen LogP contribution in [0.4, 0.5) is 0 Å². The number of carbonyl (C=O) groups is 1. The molecule has 0 bridgehead atoms. The van der Waals surface area contributed by atoms with Crippen LogP contribution in [0.2, 0.25) is 0 Å². The summed E-state index contributed by atoms with van der Waals surface area (Å²) >= 11 is 0. The molecule has 3 rings (SSSR count). The van der Waals surface area contributed by atoms with Crippen LogP contribution in [0.3, 0.4) is 0 Å². The average Bonchev–Trinajstić information content (AvgIpc) is 2.67. The normalized spacial score (nSPS) is 27.2. The molecule has 0 aromatic heterocycles. The highest BCUT2D eigenvalue weighted by atomic mass is 32.2. The number of nitrogens with zero attached hydrogens (tertiary/aromatic N) is 3. The maximum atomic E-state index is 13.0. The Balaban J connectivity index is 1.73. The lowest BCUT2D eigenvalue weighted by atomic mass is 9.94. The van der Waals surface area contributed by atoms with E-state index in [4.69, 9.17) is 0 Å². The fraction of sp³-hybridized carbons (Fsp3) is 0.667. The molecule has 0 saturated carbocycles. The molecule has 0 spiro atoms. The van der Waals surface area contributed by atoms with E-state index in [9.17, 15) is 13.2 Å². The molecule has 0 N–H and O–H groups in total. The van der Waals surface area contributed by atoms with Crippen molar-refractivity contribution >= 4 is 15.9 Å².